The summed E-state index contributed by atoms with van der Waals surface area (Å²) >= 11 is 13.7. The van der Waals surface area contributed by atoms with Gasteiger partial charge in [0.15, 0.2) is 0 Å². The summed E-state index contributed by atoms with van der Waals surface area (Å²) in [5.74, 6) is -1.28. The van der Waals surface area contributed by atoms with E-state index in [1.165, 1.54) is 16.2 Å². The van der Waals surface area contributed by atoms with E-state index in [9.17, 15) is 9.59 Å². The van der Waals surface area contributed by atoms with E-state index in [2.05, 4.69) is 4.98 Å². The van der Waals surface area contributed by atoms with Crippen LogP contribution in [0.5, 0.6) is 0 Å². The summed E-state index contributed by atoms with van der Waals surface area (Å²) in [6, 6.07) is 12.6. The molecule has 3 rings (SSSR count). The first kappa shape index (κ1) is 18.6. The van der Waals surface area contributed by atoms with Gasteiger partial charge in [-0.1, -0.05) is 41.4 Å². The third-order valence-electron chi connectivity index (χ3n) is 3.71. The van der Waals surface area contributed by atoms with Gasteiger partial charge in [0.1, 0.15) is 10.5 Å². The van der Waals surface area contributed by atoms with Crippen LogP contribution in [-0.2, 0) is 16.1 Å². The number of carbonyl (C=O) groups is 2. The summed E-state index contributed by atoms with van der Waals surface area (Å²) in [7, 11) is 0. The molecule has 3 aromatic rings. The molecule has 0 saturated heterocycles. The maximum absolute atomic E-state index is 12.6. The number of aliphatic carboxylic acids is 1. The smallest absolute Gasteiger partial charge is 0.303 e. The second-order valence-corrected chi connectivity index (χ2v) is 7.43. The van der Waals surface area contributed by atoms with Gasteiger partial charge in [0.2, 0.25) is 5.91 Å². The lowest BCUT2D eigenvalue weighted by Crippen LogP contribution is -2.30. The van der Waals surface area contributed by atoms with Crippen LogP contribution in [0.15, 0.2) is 42.5 Å². The number of carboxylic acid groups (broad SMARTS) is 1. The lowest BCUT2D eigenvalue weighted by atomic mass is 10.2. The molecule has 0 saturated carbocycles. The minimum absolute atomic E-state index is 0.0816. The summed E-state index contributed by atoms with van der Waals surface area (Å²) in [5.41, 5.74) is 1.29. The number of nitrogens with zero attached hydrogens (tertiary/aromatic N) is 2. The molecule has 0 radical (unpaired) electrons. The van der Waals surface area contributed by atoms with E-state index in [-0.39, 0.29) is 25.3 Å². The zero-order valence-corrected chi connectivity index (χ0v) is 15.8. The van der Waals surface area contributed by atoms with Crippen LogP contribution in [-0.4, -0.2) is 22.0 Å². The average Bonchev–Trinajstić information content (AvgIpc) is 3.05. The Kier molecular flexibility index (Phi) is 5.76. The Morgan fingerprint density at radius 2 is 1.81 bits per heavy atom. The molecule has 1 amide bonds. The van der Waals surface area contributed by atoms with Crippen LogP contribution in [0, 0.1) is 0 Å². The van der Waals surface area contributed by atoms with Crippen molar-refractivity contribution in [1.29, 1.82) is 0 Å². The van der Waals surface area contributed by atoms with E-state index in [0.29, 0.717) is 26.3 Å². The Bertz CT molecular complexity index is 960. The number of hydrogen-bond donors (Lipinski definition) is 1. The number of para-hydroxylation sites is 1. The van der Waals surface area contributed by atoms with Crippen LogP contribution in [0.25, 0.3) is 10.2 Å². The molecule has 0 atom stereocenters. The van der Waals surface area contributed by atoms with Crippen LogP contribution < -0.4 is 4.90 Å². The summed E-state index contributed by atoms with van der Waals surface area (Å²) in [4.78, 5) is 29.4. The molecule has 0 spiro atoms. The summed E-state index contributed by atoms with van der Waals surface area (Å²) in [6.45, 7) is 0.232. The van der Waals surface area contributed by atoms with Crippen molar-refractivity contribution in [1.82, 2.24) is 4.98 Å². The number of thiazole rings is 1. The van der Waals surface area contributed by atoms with Crippen molar-refractivity contribution in [3.63, 3.8) is 0 Å². The predicted octanol–water partition coefficient (Wildman–Crippen LogP) is 5.00. The first-order valence-corrected chi connectivity index (χ1v) is 9.33. The Hall–Kier alpha value is -2.15. The molecule has 26 heavy (non-hydrogen) atoms. The lowest BCUT2D eigenvalue weighted by Gasteiger charge is -2.21. The van der Waals surface area contributed by atoms with E-state index in [4.69, 9.17) is 28.3 Å². The lowest BCUT2D eigenvalue weighted by molar-refractivity contribution is -0.138. The molecule has 1 aromatic heterocycles. The number of rotatable bonds is 6. The van der Waals surface area contributed by atoms with Crippen molar-refractivity contribution in [2.75, 3.05) is 4.90 Å². The molecule has 0 bridgehead atoms. The van der Waals surface area contributed by atoms with Gasteiger partial charge >= 0.3 is 5.97 Å². The number of halogens is 2. The number of benzene rings is 2. The third-order valence-corrected chi connectivity index (χ3v) is 5.51. The second-order valence-electron chi connectivity index (χ2n) is 5.52. The van der Waals surface area contributed by atoms with E-state index < -0.39 is 5.97 Å². The first-order valence-electron chi connectivity index (χ1n) is 7.76. The molecular formula is C18H14Cl2N2O3S. The van der Waals surface area contributed by atoms with Crippen LogP contribution in [0.2, 0.25) is 10.0 Å². The van der Waals surface area contributed by atoms with Gasteiger partial charge in [0.05, 0.1) is 27.7 Å². The van der Waals surface area contributed by atoms with Crippen molar-refractivity contribution >= 4 is 62.3 Å². The van der Waals surface area contributed by atoms with Gasteiger partial charge < -0.3 is 10.0 Å². The van der Waals surface area contributed by atoms with Crippen molar-refractivity contribution in [2.24, 2.45) is 0 Å². The van der Waals surface area contributed by atoms with E-state index >= 15 is 0 Å². The van der Waals surface area contributed by atoms with Gasteiger partial charge in [-0.25, -0.2) is 4.98 Å². The summed E-state index contributed by atoms with van der Waals surface area (Å²) in [5, 5.41) is 10.3. The third kappa shape index (κ3) is 4.15. The van der Waals surface area contributed by atoms with Gasteiger partial charge in [0, 0.05) is 12.1 Å². The molecular weight excluding hydrogens is 395 g/mol. The second kappa shape index (κ2) is 8.03. The van der Waals surface area contributed by atoms with E-state index in [1.54, 1.807) is 18.2 Å². The minimum atomic E-state index is -1.01. The zero-order valence-electron chi connectivity index (χ0n) is 13.5. The standard InChI is InChI=1S/C18H14Cl2N2O3S/c19-12-6-7-13-18(17(12)20)21-14(26-13)10-22(11-4-2-1-3-5-11)15(23)8-9-16(24)25/h1-7H,8-10H2,(H,24,25). The average molecular weight is 409 g/mol. The van der Waals surface area contributed by atoms with Crippen molar-refractivity contribution in [2.45, 2.75) is 19.4 Å². The molecule has 0 aliphatic carbocycles. The number of fused-ring (bicyclic) bond motifs is 1. The molecule has 0 aliphatic heterocycles. The van der Waals surface area contributed by atoms with Gasteiger partial charge in [-0.3, -0.25) is 9.59 Å². The van der Waals surface area contributed by atoms with Crippen LogP contribution in [0.4, 0.5) is 5.69 Å². The fourth-order valence-corrected chi connectivity index (χ4v) is 3.85. The largest absolute Gasteiger partial charge is 0.481 e. The molecule has 8 heteroatoms. The quantitative estimate of drug-likeness (QED) is 0.622. The predicted molar refractivity (Wildman–Crippen MR) is 104 cm³/mol. The number of aromatic nitrogens is 1. The van der Waals surface area contributed by atoms with Crippen LogP contribution >= 0.6 is 34.5 Å². The van der Waals surface area contributed by atoms with Gasteiger partial charge in [-0.2, -0.15) is 0 Å². The maximum atomic E-state index is 12.6. The monoisotopic (exact) mass is 408 g/mol. The normalized spacial score (nSPS) is 10.8. The zero-order chi connectivity index (χ0) is 18.7. The molecule has 1 N–H and O–H groups in total. The van der Waals surface area contributed by atoms with Crippen molar-refractivity contribution in [3.05, 3.63) is 57.5 Å². The van der Waals surface area contributed by atoms with Gasteiger partial charge in [0.25, 0.3) is 0 Å². The van der Waals surface area contributed by atoms with Crippen LogP contribution in [0.3, 0.4) is 0 Å². The summed E-state index contributed by atoms with van der Waals surface area (Å²) in [6.07, 6.45) is -0.300. The van der Waals surface area contributed by atoms with Crippen LogP contribution in [0.1, 0.15) is 17.8 Å². The van der Waals surface area contributed by atoms with E-state index in [0.717, 1.165) is 4.70 Å². The number of carboxylic acids is 1. The highest BCUT2D eigenvalue weighted by Gasteiger charge is 2.20. The van der Waals surface area contributed by atoms with Gasteiger partial charge in [-0.05, 0) is 24.3 Å². The molecule has 1 heterocycles. The Balaban J connectivity index is 1.91. The molecule has 2 aromatic carbocycles. The van der Waals surface area contributed by atoms with E-state index in [1.807, 2.05) is 24.3 Å². The fourth-order valence-electron chi connectivity index (χ4n) is 2.47. The number of hydrogen-bond acceptors (Lipinski definition) is 4. The van der Waals surface area contributed by atoms with Crippen molar-refractivity contribution < 1.29 is 14.7 Å². The maximum Gasteiger partial charge on any atom is 0.303 e. The molecule has 0 aliphatic rings. The highest BCUT2D eigenvalue weighted by molar-refractivity contribution is 7.18. The Morgan fingerprint density at radius 1 is 1.08 bits per heavy atom. The van der Waals surface area contributed by atoms with Gasteiger partial charge in [-0.15, -0.1) is 11.3 Å². The molecule has 134 valence electrons. The highest BCUT2D eigenvalue weighted by Crippen LogP contribution is 2.34. The number of anilines is 1. The number of carbonyl (C=O) groups excluding carboxylic acids is 1. The molecule has 0 unspecified atom stereocenters. The number of amides is 1. The summed E-state index contributed by atoms with van der Waals surface area (Å²) < 4.78 is 0.875. The Morgan fingerprint density at radius 3 is 2.50 bits per heavy atom. The fraction of sp³-hybridized carbons (Fsp3) is 0.167. The highest BCUT2D eigenvalue weighted by atomic mass is 35.5. The topological polar surface area (TPSA) is 70.5 Å². The first-order chi connectivity index (χ1) is 12.5. The molecule has 5 nitrogen and oxygen atoms in total. The Labute approximate surface area is 163 Å². The SMILES string of the molecule is O=C(O)CCC(=O)N(Cc1nc2c(Cl)c(Cl)ccc2s1)c1ccccc1. The molecule has 0 fully saturated rings. The minimum Gasteiger partial charge on any atom is -0.481 e. The van der Waals surface area contributed by atoms with Crippen molar-refractivity contribution in [3.8, 4) is 0 Å².